The van der Waals surface area contributed by atoms with E-state index in [1.165, 1.54) is 11.3 Å². The molecule has 0 unspecified atom stereocenters. The van der Waals surface area contributed by atoms with Crippen molar-refractivity contribution >= 4 is 33.3 Å². The van der Waals surface area contributed by atoms with Gasteiger partial charge in [0.25, 0.3) is 0 Å². The van der Waals surface area contributed by atoms with E-state index >= 15 is 0 Å². The Hall–Kier alpha value is -3.32. The summed E-state index contributed by atoms with van der Waals surface area (Å²) in [5.41, 5.74) is 0.297. The minimum atomic E-state index is -0.416. The predicted octanol–water partition coefficient (Wildman–Crippen LogP) is 4.49. The van der Waals surface area contributed by atoms with Crippen molar-refractivity contribution < 1.29 is 14.3 Å². The van der Waals surface area contributed by atoms with Gasteiger partial charge >= 0.3 is 11.6 Å². The number of nitrogens with zero attached hydrogens (tertiary/aromatic N) is 1. The van der Waals surface area contributed by atoms with Crippen LogP contribution in [-0.2, 0) is 0 Å². The molecule has 0 amide bonds. The van der Waals surface area contributed by atoms with E-state index in [0.29, 0.717) is 27.4 Å². The molecule has 2 aromatic carbocycles. The highest BCUT2D eigenvalue weighted by atomic mass is 32.1. The number of aromatic hydroxyl groups is 1. The lowest BCUT2D eigenvalue weighted by molar-refractivity contribution is 0.464. The Morgan fingerprint density at radius 2 is 1.68 bits per heavy atom. The number of benzene rings is 2. The molecule has 6 nitrogen and oxygen atoms in total. The van der Waals surface area contributed by atoms with Crippen LogP contribution >= 0.6 is 11.3 Å². The molecule has 2 heterocycles. The second-order valence-corrected chi connectivity index (χ2v) is 6.09. The van der Waals surface area contributed by atoms with Gasteiger partial charge in [-0.05, 0) is 60.0 Å². The summed E-state index contributed by atoms with van der Waals surface area (Å²) in [4.78, 5) is 16.8. The van der Waals surface area contributed by atoms with Gasteiger partial charge in [0.05, 0.1) is 5.39 Å². The van der Waals surface area contributed by atoms with E-state index in [2.05, 4.69) is 10.3 Å². The van der Waals surface area contributed by atoms with Gasteiger partial charge in [0, 0.05) is 5.69 Å². The van der Waals surface area contributed by atoms with Crippen molar-refractivity contribution in [3.8, 4) is 17.2 Å². The Bertz CT molecular complexity index is 1070. The summed E-state index contributed by atoms with van der Waals surface area (Å²) in [5.74, 6) is 1.44. The molecular formula is C18H12N2O4S. The largest absolute Gasteiger partial charge is 0.508 e. The number of aromatic nitrogens is 1. The summed E-state index contributed by atoms with van der Waals surface area (Å²) in [6.45, 7) is 0. The summed E-state index contributed by atoms with van der Waals surface area (Å²) in [7, 11) is 0. The lowest BCUT2D eigenvalue weighted by Crippen LogP contribution is -2.03. The van der Waals surface area contributed by atoms with Crippen LogP contribution < -0.4 is 15.7 Å². The molecule has 124 valence electrons. The van der Waals surface area contributed by atoms with Crippen LogP contribution in [0.15, 0.2) is 69.2 Å². The SMILES string of the molecule is O=c1oc(Nc2ccc(Oc3ccc(O)cc3)cc2)nc2sccc12. The molecule has 4 rings (SSSR count). The third-order valence-electron chi connectivity index (χ3n) is 3.44. The fourth-order valence-electron chi connectivity index (χ4n) is 2.23. The van der Waals surface area contributed by atoms with Crippen molar-refractivity contribution in [1.29, 1.82) is 0 Å². The molecule has 0 atom stereocenters. The van der Waals surface area contributed by atoms with E-state index < -0.39 is 5.63 Å². The first-order chi connectivity index (χ1) is 12.2. The van der Waals surface area contributed by atoms with Crippen molar-refractivity contribution in [1.82, 2.24) is 4.98 Å². The first kappa shape index (κ1) is 15.2. The number of ether oxygens (including phenoxy) is 1. The monoisotopic (exact) mass is 352 g/mol. The molecule has 0 bridgehead atoms. The quantitative estimate of drug-likeness (QED) is 0.563. The summed E-state index contributed by atoms with van der Waals surface area (Å²) in [5, 5.41) is 14.5. The minimum absolute atomic E-state index is 0.146. The lowest BCUT2D eigenvalue weighted by Gasteiger charge is -2.07. The normalized spacial score (nSPS) is 10.7. The van der Waals surface area contributed by atoms with Crippen molar-refractivity contribution in [3.05, 3.63) is 70.4 Å². The van der Waals surface area contributed by atoms with Gasteiger partial charge in [-0.2, -0.15) is 4.98 Å². The number of nitrogens with one attached hydrogen (secondary N) is 1. The van der Waals surface area contributed by atoms with Crippen LogP contribution in [0.4, 0.5) is 11.7 Å². The first-order valence-electron chi connectivity index (χ1n) is 7.40. The zero-order chi connectivity index (χ0) is 17.2. The third kappa shape index (κ3) is 3.31. The van der Waals surface area contributed by atoms with Crippen LogP contribution in [0.25, 0.3) is 10.2 Å². The molecule has 2 N–H and O–H groups in total. The summed E-state index contributed by atoms with van der Waals surface area (Å²) in [6, 6.07) is 15.4. The first-order valence-corrected chi connectivity index (χ1v) is 8.28. The second kappa shape index (κ2) is 6.29. The molecule has 0 fully saturated rings. The lowest BCUT2D eigenvalue weighted by atomic mass is 10.3. The molecule has 7 heteroatoms. The van der Waals surface area contributed by atoms with E-state index in [4.69, 9.17) is 9.15 Å². The number of phenols is 1. The Kier molecular flexibility index (Phi) is 3.83. The third-order valence-corrected chi connectivity index (χ3v) is 4.24. The van der Waals surface area contributed by atoms with Gasteiger partial charge in [0.2, 0.25) is 0 Å². The average Bonchev–Trinajstić information content (AvgIpc) is 3.08. The molecule has 0 aliphatic carbocycles. The van der Waals surface area contributed by atoms with Gasteiger partial charge in [-0.1, -0.05) is 0 Å². The van der Waals surface area contributed by atoms with Crippen molar-refractivity contribution in [3.63, 3.8) is 0 Å². The minimum Gasteiger partial charge on any atom is -0.508 e. The highest BCUT2D eigenvalue weighted by Crippen LogP contribution is 2.26. The maximum Gasteiger partial charge on any atom is 0.349 e. The molecule has 0 saturated heterocycles. The van der Waals surface area contributed by atoms with Crippen LogP contribution in [-0.4, -0.2) is 10.1 Å². The van der Waals surface area contributed by atoms with E-state index in [-0.39, 0.29) is 11.8 Å². The van der Waals surface area contributed by atoms with Crippen LogP contribution in [0.1, 0.15) is 0 Å². The van der Waals surface area contributed by atoms with E-state index in [1.807, 2.05) is 0 Å². The fraction of sp³-hybridized carbons (Fsp3) is 0. The number of phenolic OH excluding ortho intramolecular Hbond substituents is 1. The predicted molar refractivity (Wildman–Crippen MR) is 96.1 cm³/mol. The molecule has 2 aromatic heterocycles. The number of hydrogen-bond donors (Lipinski definition) is 2. The molecule has 25 heavy (non-hydrogen) atoms. The summed E-state index contributed by atoms with van der Waals surface area (Å²) >= 11 is 1.38. The van der Waals surface area contributed by atoms with Crippen molar-refractivity contribution in [2.45, 2.75) is 0 Å². The Morgan fingerprint density at radius 3 is 2.40 bits per heavy atom. The topological polar surface area (TPSA) is 84.6 Å². The summed E-state index contributed by atoms with van der Waals surface area (Å²) in [6.07, 6.45) is 0. The van der Waals surface area contributed by atoms with Gasteiger partial charge in [-0.15, -0.1) is 11.3 Å². The maximum absolute atomic E-state index is 11.9. The smallest absolute Gasteiger partial charge is 0.349 e. The number of fused-ring (bicyclic) bond motifs is 1. The number of rotatable bonds is 4. The van der Waals surface area contributed by atoms with Gasteiger partial charge in [0.1, 0.15) is 22.1 Å². The van der Waals surface area contributed by atoms with Crippen LogP contribution in [0.3, 0.4) is 0 Å². The fourth-order valence-corrected chi connectivity index (χ4v) is 2.98. The van der Waals surface area contributed by atoms with E-state index in [0.717, 1.165) is 0 Å². The van der Waals surface area contributed by atoms with Gasteiger partial charge in [-0.3, -0.25) is 0 Å². The van der Waals surface area contributed by atoms with Crippen molar-refractivity contribution in [2.24, 2.45) is 0 Å². The standard InChI is InChI=1S/C18H12N2O4S/c21-12-3-7-14(8-4-12)23-13-5-1-11(2-6-13)19-18-20-16-15(9-10-25-16)17(22)24-18/h1-10,21H,(H,19,20). The number of hydrogen-bond acceptors (Lipinski definition) is 7. The highest BCUT2D eigenvalue weighted by Gasteiger charge is 2.07. The molecule has 0 spiro atoms. The zero-order valence-corrected chi connectivity index (χ0v) is 13.6. The van der Waals surface area contributed by atoms with Crippen molar-refractivity contribution in [2.75, 3.05) is 5.32 Å². The molecule has 0 aliphatic heterocycles. The Morgan fingerprint density at radius 1 is 1.00 bits per heavy atom. The number of anilines is 2. The van der Waals surface area contributed by atoms with E-state index in [9.17, 15) is 9.90 Å². The Labute approximate surface area is 146 Å². The average molecular weight is 352 g/mol. The molecule has 0 radical (unpaired) electrons. The highest BCUT2D eigenvalue weighted by molar-refractivity contribution is 7.16. The molecule has 0 saturated carbocycles. The number of thiophene rings is 1. The van der Waals surface area contributed by atoms with Gasteiger partial charge in [-0.25, -0.2) is 4.79 Å². The molecule has 4 aromatic rings. The van der Waals surface area contributed by atoms with Gasteiger partial charge in [0.15, 0.2) is 0 Å². The van der Waals surface area contributed by atoms with E-state index in [1.54, 1.807) is 60.0 Å². The second-order valence-electron chi connectivity index (χ2n) is 5.19. The maximum atomic E-state index is 11.9. The van der Waals surface area contributed by atoms with Crippen LogP contribution in [0.5, 0.6) is 17.2 Å². The van der Waals surface area contributed by atoms with Crippen LogP contribution in [0, 0.1) is 0 Å². The van der Waals surface area contributed by atoms with Crippen LogP contribution in [0.2, 0.25) is 0 Å². The summed E-state index contributed by atoms with van der Waals surface area (Å²) < 4.78 is 10.8. The van der Waals surface area contributed by atoms with Gasteiger partial charge < -0.3 is 19.6 Å². The molecular weight excluding hydrogens is 340 g/mol. The Balaban J connectivity index is 1.51. The molecule has 0 aliphatic rings. The zero-order valence-electron chi connectivity index (χ0n) is 12.8.